The highest BCUT2D eigenvalue weighted by Crippen LogP contribution is 2.17. The molecule has 0 saturated carbocycles. The van der Waals surface area contributed by atoms with Gasteiger partial charge in [0.2, 0.25) is 0 Å². The van der Waals surface area contributed by atoms with Crippen molar-refractivity contribution in [2.24, 2.45) is 0 Å². The lowest BCUT2D eigenvalue weighted by Crippen LogP contribution is -2.23. The molecular formula is C24H46NO2. The van der Waals surface area contributed by atoms with E-state index >= 15 is 0 Å². The third-order valence-corrected chi connectivity index (χ3v) is 5.75. The molecule has 0 aromatic heterocycles. The van der Waals surface area contributed by atoms with Gasteiger partial charge in [-0.05, 0) is 13.0 Å². The van der Waals surface area contributed by atoms with E-state index < -0.39 is 0 Å². The molecule has 0 aliphatic carbocycles. The van der Waals surface area contributed by atoms with Crippen LogP contribution in [0, 0.1) is 6.54 Å². The van der Waals surface area contributed by atoms with Gasteiger partial charge in [0.15, 0.2) is 0 Å². The molecule has 1 heterocycles. The number of carbonyl (C=O) groups is 1. The smallest absolute Gasteiger partial charge is 0.306 e. The number of hydrogen-bond donors (Lipinski definition) is 0. The summed E-state index contributed by atoms with van der Waals surface area (Å²) in [6, 6.07) is 0. The zero-order chi connectivity index (χ0) is 19.6. The molecular weight excluding hydrogens is 334 g/mol. The summed E-state index contributed by atoms with van der Waals surface area (Å²) in [5, 5.41) is 0. The average molecular weight is 381 g/mol. The van der Waals surface area contributed by atoms with Crippen LogP contribution in [0.2, 0.25) is 0 Å². The van der Waals surface area contributed by atoms with E-state index in [4.69, 9.17) is 4.74 Å². The third kappa shape index (κ3) is 14.1. The van der Waals surface area contributed by atoms with Crippen LogP contribution in [0.5, 0.6) is 0 Å². The van der Waals surface area contributed by atoms with E-state index in [9.17, 15) is 4.79 Å². The van der Waals surface area contributed by atoms with Crippen molar-refractivity contribution in [1.82, 2.24) is 4.90 Å². The molecule has 3 heteroatoms. The zero-order valence-electron chi connectivity index (χ0n) is 18.4. The summed E-state index contributed by atoms with van der Waals surface area (Å²) in [5.41, 5.74) is 0. The van der Waals surface area contributed by atoms with Gasteiger partial charge in [-0.3, -0.25) is 9.69 Å². The molecule has 3 nitrogen and oxygen atoms in total. The first-order valence-electron chi connectivity index (χ1n) is 12.0. The number of unbranched alkanes of at least 4 members (excludes halogenated alkanes) is 14. The number of rotatable bonds is 18. The molecule has 27 heavy (non-hydrogen) atoms. The van der Waals surface area contributed by atoms with Crippen molar-refractivity contribution in [2.75, 3.05) is 13.1 Å². The highest BCUT2D eigenvalue weighted by Gasteiger charge is 2.24. The van der Waals surface area contributed by atoms with Gasteiger partial charge in [-0.25, -0.2) is 0 Å². The molecule has 0 aromatic rings. The Morgan fingerprint density at radius 3 is 1.74 bits per heavy atom. The first-order valence-corrected chi connectivity index (χ1v) is 12.0. The number of nitrogens with zero attached hydrogens (tertiary/aromatic N) is 1. The zero-order valence-corrected chi connectivity index (χ0v) is 18.4. The summed E-state index contributed by atoms with van der Waals surface area (Å²) < 4.78 is 5.55. The molecule has 1 saturated heterocycles. The highest BCUT2D eigenvalue weighted by atomic mass is 16.5. The van der Waals surface area contributed by atoms with Crippen LogP contribution in [0.4, 0.5) is 0 Å². The maximum atomic E-state index is 11.9. The Morgan fingerprint density at radius 2 is 1.30 bits per heavy atom. The Hall–Kier alpha value is -0.570. The molecule has 1 aliphatic heterocycles. The van der Waals surface area contributed by atoms with Crippen molar-refractivity contribution >= 4 is 5.97 Å². The quantitative estimate of drug-likeness (QED) is 0.188. The Bertz CT molecular complexity index is 345. The van der Waals surface area contributed by atoms with Crippen LogP contribution in [0.15, 0.2) is 0 Å². The van der Waals surface area contributed by atoms with Gasteiger partial charge >= 0.3 is 5.97 Å². The minimum atomic E-state index is 0.000970. The van der Waals surface area contributed by atoms with Crippen molar-refractivity contribution in [3.8, 4) is 0 Å². The second kappa shape index (κ2) is 17.5. The average Bonchev–Trinajstić information content (AvgIpc) is 3.12. The predicted molar refractivity (Wildman–Crippen MR) is 116 cm³/mol. The van der Waals surface area contributed by atoms with Gasteiger partial charge in [0.05, 0.1) is 0 Å². The largest absolute Gasteiger partial charge is 0.461 e. The lowest BCUT2D eigenvalue weighted by atomic mass is 10.0. The van der Waals surface area contributed by atoms with Crippen LogP contribution >= 0.6 is 0 Å². The maximum Gasteiger partial charge on any atom is 0.306 e. The fraction of sp³-hybridized carbons (Fsp3) is 0.917. The van der Waals surface area contributed by atoms with Crippen LogP contribution in [-0.4, -0.2) is 30.1 Å². The Morgan fingerprint density at radius 1 is 0.815 bits per heavy atom. The summed E-state index contributed by atoms with van der Waals surface area (Å²) in [6.45, 7) is 8.46. The maximum absolute atomic E-state index is 11.9. The minimum absolute atomic E-state index is 0.000970. The van der Waals surface area contributed by atoms with E-state index in [2.05, 4.69) is 25.3 Å². The van der Waals surface area contributed by atoms with E-state index in [0.717, 1.165) is 25.9 Å². The molecule has 1 rings (SSSR count). The van der Waals surface area contributed by atoms with Crippen molar-refractivity contribution in [3.63, 3.8) is 0 Å². The number of esters is 1. The Balaban J connectivity index is 1.76. The number of hydrogen-bond acceptors (Lipinski definition) is 3. The monoisotopic (exact) mass is 380 g/mol. The molecule has 1 radical (unpaired) electrons. The van der Waals surface area contributed by atoms with Gasteiger partial charge in [0.1, 0.15) is 6.10 Å². The van der Waals surface area contributed by atoms with E-state index in [1.807, 2.05) is 0 Å². The van der Waals surface area contributed by atoms with Crippen LogP contribution in [0.3, 0.4) is 0 Å². The topological polar surface area (TPSA) is 29.5 Å². The van der Waals surface area contributed by atoms with Gasteiger partial charge in [-0.15, -0.1) is 0 Å². The normalized spacial score (nSPS) is 17.5. The first-order chi connectivity index (χ1) is 13.3. The lowest BCUT2D eigenvalue weighted by Gasteiger charge is -2.13. The third-order valence-electron chi connectivity index (χ3n) is 5.75. The van der Waals surface area contributed by atoms with Crippen molar-refractivity contribution in [2.45, 2.75) is 129 Å². The summed E-state index contributed by atoms with van der Waals surface area (Å²) in [4.78, 5) is 14.1. The SMILES string of the molecule is CCCCCCCCCCCCCCCCCC(=O)OC1C[CH]N(CC)C1. The van der Waals surface area contributed by atoms with Gasteiger partial charge in [-0.1, -0.05) is 104 Å². The summed E-state index contributed by atoms with van der Waals surface area (Å²) >= 11 is 0. The number of likely N-dealkylation sites (tertiary alicyclic amines) is 1. The van der Waals surface area contributed by atoms with E-state index in [1.165, 1.54) is 89.9 Å². The predicted octanol–water partition coefficient (Wildman–Crippen LogP) is 7.05. The molecule has 0 bridgehead atoms. The highest BCUT2D eigenvalue weighted by molar-refractivity contribution is 5.69. The summed E-state index contributed by atoms with van der Waals surface area (Å²) in [6.07, 6.45) is 21.9. The fourth-order valence-electron chi connectivity index (χ4n) is 3.91. The molecule has 0 amide bonds. The number of ether oxygens (including phenoxy) is 1. The first kappa shape index (κ1) is 24.5. The molecule has 1 unspecified atom stereocenters. The summed E-state index contributed by atoms with van der Waals surface area (Å²) in [5.74, 6) is 0.000970. The van der Waals surface area contributed by atoms with Gasteiger partial charge < -0.3 is 4.74 Å². The van der Waals surface area contributed by atoms with Crippen LogP contribution < -0.4 is 0 Å². The van der Waals surface area contributed by atoms with Crippen molar-refractivity contribution in [3.05, 3.63) is 6.54 Å². The minimum Gasteiger partial charge on any atom is -0.461 e. The van der Waals surface area contributed by atoms with E-state index in [-0.39, 0.29) is 12.1 Å². The lowest BCUT2D eigenvalue weighted by molar-refractivity contribution is -0.148. The fourth-order valence-corrected chi connectivity index (χ4v) is 3.91. The van der Waals surface area contributed by atoms with Gasteiger partial charge in [0, 0.05) is 25.9 Å². The van der Waals surface area contributed by atoms with Gasteiger partial charge in [0.25, 0.3) is 0 Å². The second-order valence-electron chi connectivity index (χ2n) is 8.32. The standard InChI is InChI=1S/C24H46NO2/c1-3-5-6-7-8-9-10-11-12-13-14-15-16-17-18-19-24(26)27-23-20-21-25(4-2)22-23/h21,23H,3-20,22H2,1-2H3. The summed E-state index contributed by atoms with van der Waals surface area (Å²) in [7, 11) is 0. The second-order valence-corrected chi connectivity index (χ2v) is 8.32. The molecule has 0 N–H and O–H groups in total. The van der Waals surface area contributed by atoms with Gasteiger partial charge in [-0.2, -0.15) is 0 Å². The van der Waals surface area contributed by atoms with Crippen LogP contribution in [0.1, 0.15) is 123 Å². The Labute approximate surface area is 169 Å². The van der Waals surface area contributed by atoms with E-state index in [0.29, 0.717) is 6.42 Å². The molecule has 159 valence electrons. The van der Waals surface area contributed by atoms with Crippen molar-refractivity contribution in [1.29, 1.82) is 0 Å². The molecule has 1 aliphatic rings. The number of likely N-dealkylation sites (N-methyl/N-ethyl adjacent to an activating group) is 1. The van der Waals surface area contributed by atoms with E-state index in [1.54, 1.807) is 0 Å². The molecule has 1 atom stereocenters. The molecule has 0 spiro atoms. The van der Waals surface area contributed by atoms with Crippen LogP contribution in [-0.2, 0) is 9.53 Å². The Kier molecular flexibility index (Phi) is 15.9. The number of carbonyl (C=O) groups excluding carboxylic acids is 1. The van der Waals surface area contributed by atoms with Crippen LogP contribution in [0.25, 0.3) is 0 Å². The van der Waals surface area contributed by atoms with Crippen molar-refractivity contribution < 1.29 is 9.53 Å². The molecule has 1 fully saturated rings. The molecule has 0 aromatic carbocycles.